The maximum Gasteiger partial charge on any atom is 0.274 e. The second-order valence-corrected chi connectivity index (χ2v) is 5.56. The quantitative estimate of drug-likeness (QED) is 0.774. The second kappa shape index (κ2) is 7.42. The largest absolute Gasteiger partial charge is 0.370 e. The van der Waals surface area contributed by atoms with E-state index in [1.165, 1.54) is 5.56 Å². The van der Waals surface area contributed by atoms with Gasteiger partial charge in [0.15, 0.2) is 0 Å². The number of anilines is 2. The van der Waals surface area contributed by atoms with Gasteiger partial charge in [0.05, 0.1) is 0 Å². The van der Waals surface area contributed by atoms with Crippen LogP contribution in [0.4, 0.5) is 11.4 Å². The minimum Gasteiger partial charge on any atom is -0.370 e. The summed E-state index contributed by atoms with van der Waals surface area (Å²) in [5.41, 5.74) is 3.32. The Morgan fingerprint density at radius 3 is 2.38 bits per heavy atom. The number of carbonyl (C=O) groups excluding carboxylic acids is 1. The number of hydrogen-bond acceptors (Lipinski definition) is 3. The van der Waals surface area contributed by atoms with Crippen molar-refractivity contribution in [3.8, 4) is 0 Å². The van der Waals surface area contributed by atoms with Gasteiger partial charge in [-0.05, 0) is 29.8 Å². The molecule has 3 aromatic rings. The first-order valence-corrected chi connectivity index (χ1v) is 7.80. The molecule has 0 saturated carbocycles. The summed E-state index contributed by atoms with van der Waals surface area (Å²) in [6.07, 6.45) is 1.66. The maximum absolute atomic E-state index is 12.4. The number of pyridine rings is 1. The summed E-state index contributed by atoms with van der Waals surface area (Å²) in [4.78, 5) is 18.6. The first kappa shape index (κ1) is 15.7. The number of amides is 1. The Hall–Kier alpha value is -3.14. The number of carbonyl (C=O) groups is 1. The highest BCUT2D eigenvalue weighted by atomic mass is 16.1. The average molecular weight is 317 g/mol. The van der Waals surface area contributed by atoms with Crippen molar-refractivity contribution in [1.82, 2.24) is 4.98 Å². The SMILES string of the molecule is CN(Cc1ccccc1)c1ccnc(C(=O)Nc2ccccc2)c1. The van der Waals surface area contributed by atoms with Crippen molar-refractivity contribution in [1.29, 1.82) is 0 Å². The van der Waals surface area contributed by atoms with Crippen molar-refractivity contribution in [2.75, 3.05) is 17.3 Å². The molecule has 0 bridgehead atoms. The average Bonchev–Trinajstić information content (AvgIpc) is 2.63. The molecular weight excluding hydrogens is 298 g/mol. The summed E-state index contributed by atoms with van der Waals surface area (Å²) >= 11 is 0. The zero-order valence-corrected chi connectivity index (χ0v) is 13.5. The predicted octanol–water partition coefficient (Wildman–Crippen LogP) is 3.97. The van der Waals surface area contributed by atoms with Crippen LogP contribution < -0.4 is 10.2 Å². The van der Waals surface area contributed by atoms with Gasteiger partial charge in [0, 0.05) is 31.2 Å². The molecular formula is C20H19N3O. The Morgan fingerprint density at radius 1 is 1.00 bits per heavy atom. The fourth-order valence-electron chi connectivity index (χ4n) is 2.45. The fraction of sp³-hybridized carbons (Fsp3) is 0.100. The lowest BCUT2D eigenvalue weighted by molar-refractivity contribution is 0.102. The molecule has 0 fully saturated rings. The van der Waals surface area contributed by atoms with E-state index in [1.807, 2.05) is 61.6 Å². The topological polar surface area (TPSA) is 45.2 Å². The summed E-state index contributed by atoms with van der Waals surface area (Å²) in [5, 5.41) is 2.85. The Balaban J connectivity index is 1.72. The molecule has 1 aromatic heterocycles. The number of hydrogen-bond donors (Lipinski definition) is 1. The van der Waals surface area contributed by atoms with E-state index in [2.05, 4.69) is 27.3 Å². The van der Waals surface area contributed by atoms with Crippen LogP contribution in [0, 0.1) is 0 Å². The molecule has 0 aliphatic heterocycles. The Labute approximate surface area is 141 Å². The number of benzene rings is 2. The number of aromatic nitrogens is 1. The van der Waals surface area contributed by atoms with Crippen LogP contribution in [0.5, 0.6) is 0 Å². The molecule has 4 nitrogen and oxygen atoms in total. The highest BCUT2D eigenvalue weighted by Crippen LogP contribution is 2.17. The first-order chi connectivity index (χ1) is 11.7. The number of para-hydroxylation sites is 1. The smallest absolute Gasteiger partial charge is 0.274 e. The zero-order valence-electron chi connectivity index (χ0n) is 13.5. The molecule has 3 rings (SSSR count). The van der Waals surface area contributed by atoms with E-state index in [0.29, 0.717) is 5.69 Å². The molecule has 4 heteroatoms. The van der Waals surface area contributed by atoms with Crippen LogP contribution in [0.1, 0.15) is 16.1 Å². The molecule has 0 saturated heterocycles. The second-order valence-electron chi connectivity index (χ2n) is 5.56. The summed E-state index contributed by atoms with van der Waals surface area (Å²) < 4.78 is 0. The maximum atomic E-state index is 12.4. The molecule has 1 N–H and O–H groups in total. The van der Waals surface area contributed by atoms with Gasteiger partial charge in [0.25, 0.3) is 5.91 Å². The first-order valence-electron chi connectivity index (χ1n) is 7.80. The van der Waals surface area contributed by atoms with Crippen molar-refractivity contribution in [3.63, 3.8) is 0 Å². The molecule has 1 heterocycles. The molecule has 0 aliphatic carbocycles. The third kappa shape index (κ3) is 3.98. The predicted molar refractivity (Wildman–Crippen MR) is 97.2 cm³/mol. The van der Waals surface area contributed by atoms with Gasteiger partial charge < -0.3 is 10.2 Å². The molecule has 2 aromatic carbocycles. The van der Waals surface area contributed by atoms with Crippen LogP contribution in [0.3, 0.4) is 0 Å². The highest BCUT2D eigenvalue weighted by Gasteiger charge is 2.10. The molecule has 24 heavy (non-hydrogen) atoms. The lowest BCUT2D eigenvalue weighted by Gasteiger charge is -2.19. The van der Waals surface area contributed by atoms with E-state index >= 15 is 0 Å². The number of nitrogens with one attached hydrogen (secondary N) is 1. The van der Waals surface area contributed by atoms with Crippen molar-refractivity contribution < 1.29 is 4.79 Å². The van der Waals surface area contributed by atoms with Gasteiger partial charge in [-0.15, -0.1) is 0 Å². The van der Waals surface area contributed by atoms with Crippen LogP contribution in [-0.2, 0) is 6.54 Å². The summed E-state index contributed by atoms with van der Waals surface area (Å²) in [6.45, 7) is 0.768. The lowest BCUT2D eigenvalue weighted by atomic mass is 10.2. The van der Waals surface area contributed by atoms with E-state index in [0.717, 1.165) is 17.9 Å². The minimum atomic E-state index is -0.212. The van der Waals surface area contributed by atoms with E-state index in [-0.39, 0.29) is 5.91 Å². The van der Waals surface area contributed by atoms with Gasteiger partial charge in [-0.2, -0.15) is 0 Å². The molecule has 0 aliphatic rings. The van der Waals surface area contributed by atoms with E-state index in [1.54, 1.807) is 12.3 Å². The van der Waals surface area contributed by atoms with Gasteiger partial charge in [-0.25, -0.2) is 0 Å². The van der Waals surface area contributed by atoms with Crippen LogP contribution in [0.2, 0.25) is 0 Å². The van der Waals surface area contributed by atoms with Gasteiger partial charge in [-0.3, -0.25) is 9.78 Å². The zero-order chi connectivity index (χ0) is 16.8. The molecule has 0 radical (unpaired) electrons. The summed E-state index contributed by atoms with van der Waals surface area (Å²) in [7, 11) is 2.00. The van der Waals surface area contributed by atoms with E-state index in [4.69, 9.17) is 0 Å². The van der Waals surface area contributed by atoms with Crippen molar-refractivity contribution in [3.05, 3.63) is 90.3 Å². The fourth-order valence-corrected chi connectivity index (χ4v) is 2.45. The normalized spacial score (nSPS) is 10.2. The Morgan fingerprint density at radius 2 is 1.67 bits per heavy atom. The van der Waals surface area contributed by atoms with Gasteiger partial charge >= 0.3 is 0 Å². The third-order valence-corrected chi connectivity index (χ3v) is 3.71. The number of rotatable bonds is 5. The monoisotopic (exact) mass is 317 g/mol. The molecule has 0 atom stereocenters. The van der Waals surface area contributed by atoms with E-state index < -0.39 is 0 Å². The van der Waals surface area contributed by atoms with Gasteiger partial charge in [0.1, 0.15) is 5.69 Å². The summed E-state index contributed by atoms with van der Waals surface area (Å²) in [5.74, 6) is -0.212. The van der Waals surface area contributed by atoms with E-state index in [9.17, 15) is 4.79 Å². The van der Waals surface area contributed by atoms with Crippen LogP contribution in [0.25, 0.3) is 0 Å². The van der Waals surface area contributed by atoms with Gasteiger partial charge in [-0.1, -0.05) is 48.5 Å². The third-order valence-electron chi connectivity index (χ3n) is 3.71. The molecule has 0 spiro atoms. The van der Waals surface area contributed by atoms with Crippen molar-refractivity contribution in [2.24, 2.45) is 0 Å². The van der Waals surface area contributed by atoms with Crippen LogP contribution in [-0.4, -0.2) is 17.9 Å². The Bertz CT molecular complexity index is 803. The molecule has 1 amide bonds. The van der Waals surface area contributed by atoms with Gasteiger partial charge in [0.2, 0.25) is 0 Å². The molecule has 0 unspecified atom stereocenters. The van der Waals surface area contributed by atoms with Crippen LogP contribution in [0.15, 0.2) is 79.0 Å². The van der Waals surface area contributed by atoms with Crippen molar-refractivity contribution >= 4 is 17.3 Å². The minimum absolute atomic E-state index is 0.212. The Kier molecular flexibility index (Phi) is 4.87. The molecule has 120 valence electrons. The summed E-state index contributed by atoms with van der Waals surface area (Å²) in [6, 6.07) is 23.3. The van der Waals surface area contributed by atoms with Crippen molar-refractivity contribution in [2.45, 2.75) is 6.54 Å². The lowest BCUT2D eigenvalue weighted by Crippen LogP contribution is -2.18. The van der Waals surface area contributed by atoms with Crippen LogP contribution >= 0.6 is 0 Å². The standard InChI is InChI=1S/C20H19N3O/c1-23(15-16-8-4-2-5-9-16)18-12-13-21-19(14-18)20(24)22-17-10-6-3-7-11-17/h2-14H,15H2,1H3,(H,22,24). The number of nitrogens with zero attached hydrogens (tertiary/aromatic N) is 2. The highest BCUT2D eigenvalue weighted by molar-refractivity contribution is 6.03.